The third-order valence-electron chi connectivity index (χ3n) is 5.53. The topological polar surface area (TPSA) is 119 Å². The lowest BCUT2D eigenvalue weighted by molar-refractivity contribution is -0.157. The van der Waals surface area contributed by atoms with E-state index in [4.69, 9.17) is 9.47 Å². The van der Waals surface area contributed by atoms with Crippen molar-refractivity contribution < 1.29 is 33.8 Å². The van der Waals surface area contributed by atoms with Crippen LogP contribution in [0.3, 0.4) is 0 Å². The average Bonchev–Trinajstić information content (AvgIpc) is 2.83. The normalized spacial score (nSPS) is 12.2. The molecule has 0 aliphatic carbocycles. The quantitative estimate of drug-likeness (QED) is 0.450. The van der Waals surface area contributed by atoms with Crippen LogP contribution in [0.25, 0.3) is 0 Å². The Morgan fingerprint density at radius 2 is 1.22 bits per heavy atom. The Hall–Kier alpha value is -4.46. The summed E-state index contributed by atoms with van der Waals surface area (Å²) in [7, 11) is 0. The zero-order valence-electron chi connectivity index (χ0n) is 20.4. The molecule has 3 aromatic carbocycles. The number of carbonyl (C=O) groups is 4. The maximum Gasteiger partial charge on any atom is 0.349 e. The van der Waals surface area contributed by atoms with E-state index in [-0.39, 0.29) is 11.1 Å². The third kappa shape index (κ3) is 6.56. The van der Waals surface area contributed by atoms with Crippen molar-refractivity contribution in [3.63, 3.8) is 0 Å². The van der Waals surface area contributed by atoms with Gasteiger partial charge in [0.1, 0.15) is 0 Å². The van der Waals surface area contributed by atoms with E-state index in [1.54, 1.807) is 56.3 Å². The van der Waals surface area contributed by atoms with E-state index in [1.807, 2.05) is 13.8 Å². The van der Waals surface area contributed by atoms with Crippen LogP contribution in [0.2, 0.25) is 0 Å². The van der Waals surface area contributed by atoms with Crippen molar-refractivity contribution in [3.8, 4) is 0 Å². The molecule has 0 fully saturated rings. The molecule has 0 aliphatic rings. The predicted octanol–water partition coefficient (Wildman–Crippen LogP) is 4.39. The number of anilines is 1. The molecule has 0 saturated carbocycles. The summed E-state index contributed by atoms with van der Waals surface area (Å²) in [5, 5.41) is 12.4. The van der Waals surface area contributed by atoms with Gasteiger partial charge in [-0.05, 0) is 75.2 Å². The van der Waals surface area contributed by atoms with Crippen LogP contribution in [0.4, 0.5) is 5.69 Å². The number of carbonyl (C=O) groups excluding carboxylic acids is 3. The number of amides is 1. The monoisotopic (exact) mass is 489 g/mol. The largest absolute Gasteiger partial charge is 0.478 e. The lowest BCUT2D eigenvalue weighted by Crippen LogP contribution is -2.48. The van der Waals surface area contributed by atoms with E-state index in [0.717, 1.165) is 22.3 Å². The molecule has 0 aliphatic heterocycles. The van der Waals surface area contributed by atoms with Gasteiger partial charge in [0.25, 0.3) is 5.91 Å². The molecule has 2 N–H and O–H groups in total. The second-order valence-corrected chi connectivity index (χ2v) is 8.52. The molecule has 2 atom stereocenters. The minimum Gasteiger partial charge on any atom is -0.478 e. The highest BCUT2D eigenvalue weighted by atomic mass is 16.6. The van der Waals surface area contributed by atoms with Crippen LogP contribution >= 0.6 is 0 Å². The molecular weight excluding hydrogens is 462 g/mol. The average molecular weight is 490 g/mol. The maximum absolute atomic E-state index is 13.2. The summed E-state index contributed by atoms with van der Waals surface area (Å²) in [4.78, 5) is 50.9. The third-order valence-corrected chi connectivity index (χ3v) is 5.53. The van der Waals surface area contributed by atoms with Gasteiger partial charge in [0.05, 0.1) is 11.1 Å². The maximum atomic E-state index is 13.2. The molecule has 0 aromatic heterocycles. The molecule has 186 valence electrons. The standard InChI is InChI=1S/C28H27NO7/c1-16-7-5-9-20(13-16)27(33)35-23(25(30)29-22-12-11-18(3)19(4)15-22)24(26(31)32)36-28(34)21-10-6-8-17(2)14-21/h5-15,23-24H,1-4H3,(H,29,30)(H,31,32)/t23-,24-/m0/s1. The van der Waals surface area contributed by atoms with Crippen LogP contribution in [0, 0.1) is 27.7 Å². The van der Waals surface area contributed by atoms with E-state index in [1.165, 1.54) is 24.3 Å². The number of hydrogen-bond donors (Lipinski definition) is 2. The Morgan fingerprint density at radius 3 is 1.69 bits per heavy atom. The Balaban J connectivity index is 1.93. The van der Waals surface area contributed by atoms with Gasteiger partial charge in [-0.1, -0.05) is 41.5 Å². The SMILES string of the molecule is Cc1cccc(C(=O)O[C@H](C(=O)O)[C@H](OC(=O)c2cccc(C)c2)C(=O)Nc2ccc(C)c(C)c2)c1. The second-order valence-electron chi connectivity index (χ2n) is 8.52. The van der Waals surface area contributed by atoms with Crippen molar-refractivity contribution in [2.24, 2.45) is 0 Å². The van der Waals surface area contributed by atoms with Gasteiger partial charge in [-0.25, -0.2) is 14.4 Å². The number of hydrogen-bond acceptors (Lipinski definition) is 6. The molecule has 8 heteroatoms. The lowest BCUT2D eigenvalue weighted by Gasteiger charge is -2.24. The highest BCUT2D eigenvalue weighted by Gasteiger charge is 2.41. The fourth-order valence-electron chi connectivity index (χ4n) is 3.44. The number of carboxylic acids is 1. The fourth-order valence-corrected chi connectivity index (χ4v) is 3.44. The molecule has 0 bridgehead atoms. The van der Waals surface area contributed by atoms with Gasteiger partial charge in [0, 0.05) is 5.69 Å². The van der Waals surface area contributed by atoms with Gasteiger partial charge in [-0.3, -0.25) is 4.79 Å². The van der Waals surface area contributed by atoms with Gasteiger partial charge in [0.15, 0.2) is 0 Å². The Labute approximate surface area is 208 Å². The molecule has 0 saturated heterocycles. The number of benzene rings is 3. The van der Waals surface area contributed by atoms with Crippen LogP contribution in [-0.2, 0) is 19.1 Å². The van der Waals surface area contributed by atoms with Crippen molar-refractivity contribution in [3.05, 3.63) is 100 Å². The first-order valence-electron chi connectivity index (χ1n) is 11.2. The molecule has 8 nitrogen and oxygen atoms in total. The van der Waals surface area contributed by atoms with E-state index in [2.05, 4.69) is 5.32 Å². The number of ether oxygens (including phenoxy) is 2. The number of nitrogens with one attached hydrogen (secondary N) is 1. The van der Waals surface area contributed by atoms with Crippen LogP contribution in [0.1, 0.15) is 43.0 Å². The Kier molecular flexibility index (Phi) is 8.22. The summed E-state index contributed by atoms with van der Waals surface area (Å²) in [5.74, 6) is -4.50. The van der Waals surface area contributed by atoms with Gasteiger partial charge in [0.2, 0.25) is 12.2 Å². The molecule has 0 heterocycles. The Bertz CT molecular complexity index is 1310. The van der Waals surface area contributed by atoms with Crippen LogP contribution < -0.4 is 5.32 Å². The van der Waals surface area contributed by atoms with Gasteiger partial charge in [-0.2, -0.15) is 0 Å². The minimum atomic E-state index is -2.10. The van der Waals surface area contributed by atoms with Crippen LogP contribution in [0.5, 0.6) is 0 Å². The molecule has 3 aromatic rings. The smallest absolute Gasteiger partial charge is 0.349 e. The number of aryl methyl sites for hydroxylation is 4. The van der Waals surface area contributed by atoms with E-state index < -0.39 is 36.0 Å². The fraction of sp³-hybridized carbons (Fsp3) is 0.214. The molecular formula is C28H27NO7. The first-order valence-corrected chi connectivity index (χ1v) is 11.2. The van der Waals surface area contributed by atoms with E-state index in [0.29, 0.717) is 5.69 Å². The summed E-state index contributed by atoms with van der Waals surface area (Å²) in [6.07, 6.45) is -4.07. The number of aliphatic carboxylic acids is 1. The van der Waals surface area contributed by atoms with Crippen molar-refractivity contribution in [1.29, 1.82) is 0 Å². The summed E-state index contributed by atoms with van der Waals surface area (Å²) in [6.45, 7) is 7.28. The van der Waals surface area contributed by atoms with E-state index >= 15 is 0 Å². The Morgan fingerprint density at radius 1 is 0.694 bits per heavy atom. The zero-order chi connectivity index (χ0) is 26.4. The number of carboxylic acid groups (broad SMARTS) is 1. The lowest BCUT2D eigenvalue weighted by atomic mass is 10.1. The summed E-state index contributed by atoms with van der Waals surface area (Å²) in [5.41, 5.74) is 3.99. The van der Waals surface area contributed by atoms with Crippen molar-refractivity contribution in [1.82, 2.24) is 0 Å². The van der Waals surface area contributed by atoms with Crippen LogP contribution in [0.15, 0.2) is 66.7 Å². The minimum absolute atomic E-state index is 0.0968. The first-order chi connectivity index (χ1) is 17.0. The highest BCUT2D eigenvalue weighted by Crippen LogP contribution is 2.19. The first kappa shape index (κ1) is 26.2. The predicted molar refractivity (Wildman–Crippen MR) is 133 cm³/mol. The number of esters is 2. The second kappa shape index (κ2) is 11.3. The highest BCUT2D eigenvalue weighted by molar-refractivity contribution is 6.01. The molecule has 0 unspecified atom stereocenters. The molecule has 0 radical (unpaired) electrons. The van der Waals surface area contributed by atoms with Crippen molar-refractivity contribution in [2.45, 2.75) is 39.9 Å². The molecule has 36 heavy (non-hydrogen) atoms. The molecule has 1 amide bonds. The van der Waals surface area contributed by atoms with Gasteiger partial charge < -0.3 is 19.9 Å². The van der Waals surface area contributed by atoms with Gasteiger partial charge >= 0.3 is 17.9 Å². The molecule has 0 spiro atoms. The molecule has 3 rings (SSSR count). The summed E-state index contributed by atoms with van der Waals surface area (Å²) in [6, 6.07) is 17.9. The van der Waals surface area contributed by atoms with Crippen LogP contribution in [-0.4, -0.2) is 41.1 Å². The van der Waals surface area contributed by atoms with E-state index in [9.17, 15) is 24.3 Å². The van der Waals surface area contributed by atoms with Crippen molar-refractivity contribution in [2.75, 3.05) is 5.32 Å². The van der Waals surface area contributed by atoms with Crippen molar-refractivity contribution >= 4 is 29.5 Å². The number of rotatable bonds is 8. The summed E-state index contributed by atoms with van der Waals surface area (Å²) >= 11 is 0. The zero-order valence-corrected chi connectivity index (χ0v) is 20.4. The van der Waals surface area contributed by atoms with Gasteiger partial charge in [-0.15, -0.1) is 0 Å². The summed E-state index contributed by atoms with van der Waals surface area (Å²) < 4.78 is 10.6.